The average Bonchev–Trinajstić information content (AvgIpc) is 3.68. The van der Waals surface area contributed by atoms with Gasteiger partial charge < -0.3 is 14.2 Å². The van der Waals surface area contributed by atoms with Gasteiger partial charge in [-0.05, 0) is 67.8 Å². The lowest BCUT2D eigenvalue weighted by atomic mass is 9.96. The molecule has 1 fully saturated rings. The van der Waals surface area contributed by atoms with Crippen LogP contribution in [-0.4, -0.2) is 43.0 Å². The van der Waals surface area contributed by atoms with Crippen molar-refractivity contribution in [3.05, 3.63) is 106 Å². The minimum absolute atomic E-state index is 0.0756. The van der Waals surface area contributed by atoms with Gasteiger partial charge >= 0.3 is 5.91 Å². The van der Waals surface area contributed by atoms with Crippen LogP contribution in [0.2, 0.25) is 5.02 Å². The van der Waals surface area contributed by atoms with Crippen LogP contribution in [0.3, 0.4) is 0 Å². The van der Waals surface area contributed by atoms with Crippen LogP contribution in [-0.2, 0) is 15.3 Å². The number of halogens is 1. The second kappa shape index (κ2) is 11.8. The van der Waals surface area contributed by atoms with E-state index in [1.807, 2.05) is 67.8 Å². The minimum atomic E-state index is -0.979. The van der Waals surface area contributed by atoms with E-state index < -0.39 is 17.7 Å². The first-order chi connectivity index (χ1) is 20.8. The molecule has 0 saturated carbocycles. The lowest BCUT2D eigenvalue weighted by molar-refractivity contribution is -0.132. The third-order valence-electron chi connectivity index (χ3n) is 7.12. The van der Waals surface area contributed by atoms with E-state index in [-0.39, 0.29) is 22.2 Å². The standard InChI is InChI=1S/C31H26ClN5O4S2/c1-4-41-22-9-5-8-20(15-22)25-23(26(38)24-18(3)36-14-6-7-17(2)28(36)33-24)27(39)29(40)37(25)30-34-35-31(43-30)42-16-19-10-12-21(32)13-11-19/h5-15,25,38H,4,16H2,1-3H3/b26-23+. The molecule has 3 aromatic heterocycles. The summed E-state index contributed by atoms with van der Waals surface area (Å²) in [5, 5.41) is 21.2. The van der Waals surface area contributed by atoms with Gasteiger partial charge in [-0.3, -0.25) is 14.5 Å². The number of aromatic nitrogens is 4. The van der Waals surface area contributed by atoms with Gasteiger partial charge in [-0.1, -0.05) is 65.0 Å². The molecular formula is C31H26ClN5O4S2. The van der Waals surface area contributed by atoms with E-state index in [0.29, 0.717) is 44.4 Å². The minimum Gasteiger partial charge on any atom is -0.505 e. The van der Waals surface area contributed by atoms with Gasteiger partial charge in [-0.2, -0.15) is 0 Å². The number of hydrogen-bond donors (Lipinski definition) is 1. The molecule has 9 nitrogen and oxygen atoms in total. The van der Waals surface area contributed by atoms with Gasteiger partial charge in [-0.15, -0.1) is 10.2 Å². The summed E-state index contributed by atoms with van der Waals surface area (Å²) in [5.74, 6) is -0.798. The zero-order chi connectivity index (χ0) is 30.2. The summed E-state index contributed by atoms with van der Waals surface area (Å²) >= 11 is 8.67. The first-order valence-corrected chi connectivity index (χ1v) is 15.6. The van der Waals surface area contributed by atoms with Crippen LogP contribution < -0.4 is 9.64 Å². The number of imidazole rings is 1. The number of benzene rings is 2. The summed E-state index contributed by atoms with van der Waals surface area (Å²) in [7, 11) is 0. The van der Waals surface area contributed by atoms with Crippen molar-refractivity contribution in [1.82, 2.24) is 19.6 Å². The van der Waals surface area contributed by atoms with Gasteiger partial charge in [0.2, 0.25) is 5.13 Å². The molecular weight excluding hydrogens is 606 g/mol. The van der Waals surface area contributed by atoms with Crippen molar-refractivity contribution in [2.24, 2.45) is 0 Å². The Hall–Kier alpha value is -4.19. The predicted molar refractivity (Wildman–Crippen MR) is 168 cm³/mol. The number of rotatable bonds is 8. The van der Waals surface area contributed by atoms with Crippen LogP contribution in [0.5, 0.6) is 5.75 Å². The number of ketones is 1. The highest BCUT2D eigenvalue weighted by atomic mass is 35.5. The molecule has 6 rings (SSSR count). The van der Waals surface area contributed by atoms with E-state index in [2.05, 4.69) is 15.2 Å². The summed E-state index contributed by atoms with van der Waals surface area (Å²) in [6.07, 6.45) is 1.84. The third kappa shape index (κ3) is 5.39. The Labute approximate surface area is 260 Å². The molecule has 12 heteroatoms. The number of carbonyl (C=O) groups excluding carboxylic acids is 2. The topological polar surface area (TPSA) is 110 Å². The molecule has 1 N–H and O–H groups in total. The van der Waals surface area contributed by atoms with Crippen molar-refractivity contribution in [2.45, 2.75) is 36.9 Å². The van der Waals surface area contributed by atoms with Crippen LogP contribution in [0.4, 0.5) is 5.13 Å². The molecule has 0 spiro atoms. The zero-order valence-electron chi connectivity index (χ0n) is 23.4. The highest BCUT2D eigenvalue weighted by Crippen LogP contribution is 2.45. The summed E-state index contributed by atoms with van der Waals surface area (Å²) < 4.78 is 8.19. The van der Waals surface area contributed by atoms with Crippen LogP contribution in [0.25, 0.3) is 11.4 Å². The van der Waals surface area contributed by atoms with Crippen molar-refractivity contribution < 1.29 is 19.4 Å². The Morgan fingerprint density at radius 3 is 2.63 bits per heavy atom. The number of aliphatic hydroxyl groups excluding tert-OH is 1. The fourth-order valence-corrected chi connectivity index (χ4v) is 6.99. The number of carbonyl (C=O) groups is 2. The molecule has 5 aromatic rings. The fourth-order valence-electron chi connectivity index (χ4n) is 5.04. The van der Waals surface area contributed by atoms with Crippen LogP contribution in [0.1, 0.15) is 41.0 Å². The average molecular weight is 632 g/mol. The van der Waals surface area contributed by atoms with Gasteiger partial charge in [0, 0.05) is 17.0 Å². The van der Waals surface area contributed by atoms with Crippen molar-refractivity contribution in [3.8, 4) is 5.75 Å². The lowest BCUT2D eigenvalue weighted by Gasteiger charge is -2.22. The Morgan fingerprint density at radius 1 is 1.09 bits per heavy atom. The number of aryl methyl sites for hydroxylation is 2. The maximum absolute atomic E-state index is 13.7. The Balaban J connectivity index is 1.44. The number of pyridine rings is 1. The van der Waals surface area contributed by atoms with Crippen LogP contribution in [0.15, 0.2) is 76.8 Å². The van der Waals surface area contributed by atoms with Crippen LogP contribution >= 0.6 is 34.7 Å². The number of thioether (sulfide) groups is 1. The van der Waals surface area contributed by atoms with E-state index in [9.17, 15) is 14.7 Å². The van der Waals surface area contributed by atoms with E-state index in [0.717, 1.165) is 11.1 Å². The second-order valence-corrected chi connectivity index (χ2v) is 12.5. The third-order valence-corrected chi connectivity index (χ3v) is 9.49. The number of fused-ring (bicyclic) bond motifs is 1. The van der Waals surface area contributed by atoms with Gasteiger partial charge in [0.05, 0.1) is 23.9 Å². The molecule has 1 atom stereocenters. The van der Waals surface area contributed by atoms with E-state index in [1.54, 1.807) is 24.3 Å². The van der Waals surface area contributed by atoms with E-state index in [4.69, 9.17) is 16.3 Å². The number of anilines is 1. The van der Waals surface area contributed by atoms with Crippen molar-refractivity contribution in [3.63, 3.8) is 0 Å². The summed E-state index contributed by atoms with van der Waals surface area (Å²) in [6, 6.07) is 17.5. The number of ether oxygens (including phenoxy) is 1. The molecule has 2 aromatic carbocycles. The largest absolute Gasteiger partial charge is 0.505 e. The monoisotopic (exact) mass is 631 g/mol. The number of amides is 1. The molecule has 0 radical (unpaired) electrons. The first-order valence-electron chi connectivity index (χ1n) is 13.5. The molecule has 0 bridgehead atoms. The second-order valence-electron chi connectivity index (χ2n) is 9.87. The molecule has 218 valence electrons. The number of nitrogens with zero attached hydrogens (tertiary/aromatic N) is 5. The van der Waals surface area contributed by atoms with Gasteiger partial charge in [-0.25, -0.2) is 4.98 Å². The Kier molecular flexibility index (Phi) is 7.95. The number of aliphatic hydroxyl groups is 1. The molecule has 1 saturated heterocycles. The van der Waals surface area contributed by atoms with Crippen molar-refractivity contribution in [2.75, 3.05) is 11.5 Å². The predicted octanol–water partition coefficient (Wildman–Crippen LogP) is 6.77. The summed E-state index contributed by atoms with van der Waals surface area (Å²) in [6.45, 7) is 6.04. The van der Waals surface area contributed by atoms with E-state index >= 15 is 0 Å². The van der Waals surface area contributed by atoms with E-state index in [1.165, 1.54) is 28.0 Å². The molecule has 4 heterocycles. The number of Topliss-reactive ketones (excluding diaryl/α,β-unsaturated/α-hetero) is 1. The SMILES string of the molecule is CCOc1cccc(C2/C(=C(\O)c3nc4c(C)cccn4c3C)C(=O)C(=O)N2c2nnc(SCc3ccc(Cl)cc3)s2)c1. The smallest absolute Gasteiger partial charge is 0.301 e. The molecule has 1 unspecified atom stereocenters. The van der Waals surface area contributed by atoms with Gasteiger partial charge in [0.25, 0.3) is 5.78 Å². The normalized spacial score (nSPS) is 16.4. The summed E-state index contributed by atoms with van der Waals surface area (Å²) in [4.78, 5) is 33.3. The molecule has 1 amide bonds. The first kappa shape index (κ1) is 28.9. The molecule has 43 heavy (non-hydrogen) atoms. The van der Waals surface area contributed by atoms with Crippen LogP contribution in [0, 0.1) is 13.8 Å². The summed E-state index contributed by atoms with van der Waals surface area (Å²) in [5.41, 5.74) is 3.98. The maximum Gasteiger partial charge on any atom is 0.301 e. The Bertz CT molecular complexity index is 1900. The molecule has 1 aliphatic rings. The fraction of sp³-hybridized carbons (Fsp3) is 0.194. The highest BCUT2D eigenvalue weighted by Gasteiger charge is 2.49. The highest BCUT2D eigenvalue weighted by molar-refractivity contribution is 8.00. The van der Waals surface area contributed by atoms with Gasteiger partial charge in [0.1, 0.15) is 17.1 Å². The molecule has 1 aliphatic heterocycles. The van der Waals surface area contributed by atoms with Crippen molar-refractivity contribution >= 4 is 62.9 Å². The van der Waals surface area contributed by atoms with Gasteiger partial charge in [0.15, 0.2) is 10.1 Å². The molecule has 0 aliphatic carbocycles. The quantitative estimate of drug-likeness (QED) is 0.0657. The maximum atomic E-state index is 13.7. The van der Waals surface area contributed by atoms with Crippen molar-refractivity contribution in [1.29, 1.82) is 0 Å². The Morgan fingerprint density at radius 2 is 1.88 bits per heavy atom. The zero-order valence-corrected chi connectivity index (χ0v) is 25.8. The lowest BCUT2D eigenvalue weighted by Crippen LogP contribution is -2.29. The number of hydrogen-bond acceptors (Lipinski definition) is 9.